The van der Waals surface area contributed by atoms with Crippen molar-refractivity contribution in [1.82, 2.24) is 5.32 Å². The number of ether oxygens (including phenoxy) is 1. The molecule has 66 valence electrons. The maximum absolute atomic E-state index is 10.4. The van der Waals surface area contributed by atoms with Crippen LogP contribution in [0.15, 0.2) is 0 Å². The Labute approximate surface area is 75.2 Å². The first-order valence-corrected chi connectivity index (χ1v) is 3.61. The highest BCUT2D eigenvalue weighted by Gasteiger charge is 1.96. The van der Waals surface area contributed by atoms with Crippen LogP contribution in [0.4, 0.5) is 4.79 Å². The fourth-order valence-corrected chi connectivity index (χ4v) is 0.555. The van der Waals surface area contributed by atoms with Crippen molar-refractivity contribution in [3.8, 4) is 12.3 Å². The van der Waals surface area contributed by atoms with Gasteiger partial charge in [0, 0.05) is 18.1 Å². The first-order chi connectivity index (χ1) is 5.66. The quantitative estimate of drug-likeness (QED) is 0.398. The zero-order valence-electron chi connectivity index (χ0n) is 6.30. The molecule has 0 unspecified atom stereocenters. The van der Waals surface area contributed by atoms with Crippen LogP contribution in [0.2, 0.25) is 0 Å². The Kier molecular flexibility index (Phi) is 5.84. The molecule has 5 heteroatoms. The minimum absolute atomic E-state index is 0.174. The predicted molar refractivity (Wildman–Crippen MR) is 43.7 cm³/mol. The van der Waals surface area contributed by atoms with Crippen molar-refractivity contribution in [1.29, 1.82) is 0 Å². The first kappa shape index (κ1) is 10.8. The minimum Gasteiger partial charge on any atom is -0.454 e. The summed E-state index contributed by atoms with van der Waals surface area (Å²) in [7, 11) is 0. The smallest absolute Gasteiger partial charge is 0.403 e. The van der Waals surface area contributed by atoms with Gasteiger partial charge in [0.1, 0.15) is 0 Å². The lowest BCUT2D eigenvalue weighted by molar-refractivity contribution is -0.115. The van der Waals surface area contributed by atoms with Crippen LogP contribution in [0.5, 0.6) is 0 Å². The summed E-state index contributed by atoms with van der Waals surface area (Å²) in [4.78, 5) is 20.4. The fraction of sp³-hybridized carbons (Fsp3) is 0.429. The Balaban J connectivity index is 3.18. The molecular formula is C7H8ClNO3. The molecule has 1 N–H and O–H groups in total. The number of rotatable bonds is 4. The first-order valence-electron chi connectivity index (χ1n) is 3.23. The molecule has 0 atom stereocenters. The van der Waals surface area contributed by atoms with E-state index in [1.54, 1.807) is 0 Å². The topological polar surface area (TPSA) is 55.4 Å². The van der Waals surface area contributed by atoms with Crippen LogP contribution in [-0.2, 0) is 9.53 Å². The molecule has 0 heterocycles. The van der Waals surface area contributed by atoms with Crippen LogP contribution >= 0.6 is 11.6 Å². The van der Waals surface area contributed by atoms with Crippen LogP contribution in [0.1, 0.15) is 6.42 Å². The molecule has 0 aliphatic heterocycles. The Morgan fingerprint density at radius 3 is 2.75 bits per heavy atom. The lowest BCUT2D eigenvalue weighted by Crippen LogP contribution is -2.23. The lowest BCUT2D eigenvalue weighted by atomic mass is 10.4. The van der Waals surface area contributed by atoms with Gasteiger partial charge in [-0.25, -0.2) is 4.79 Å². The normalized spacial score (nSPS) is 8.33. The van der Waals surface area contributed by atoms with Gasteiger partial charge in [0.25, 0.3) is 5.91 Å². The number of nitrogens with one attached hydrogen (secondary N) is 1. The molecule has 0 fully saturated rings. The average molecular weight is 190 g/mol. The highest BCUT2D eigenvalue weighted by atomic mass is 35.5. The van der Waals surface area contributed by atoms with Crippen molar-refractivity contribution in [2.45, 2.75) is 6.42 Å². The number of carbonyl (C=O) groups excluding carboxylic acids is 2. The molecule has 0 aliphatic carbocycles. The van der Waals surface area contributed by atoms with Crippen molar-refractivity contribution >= 4 is 22.9 Å². The summed E-state index contributed by atoms with van der Waals surface area (Å²) in [5.41, 5.74) is -0.849. The molecule has 0 rings (SSSR count). The maximum Gasteiger partial charge on any atom is 0.403 e. The van der Waals surface area contributed by atoms with Crippen molar-refractivity contribution in [3.05, 3.63) is 0 Å². The number of terminal acetylenes is 1. The number of amides is 1. The van der Waals surface area contributed by atoms with Gasteiger partial charge < -0.3 is 10.1 Å². The molecule has 1 amide bonds. The summed E-state index contributed by atoms with van der Waals surface area (Å²) < 4.78 is 4.38. The van der Waals surface area contributed by atoms with E-state index in [4.69, 9.17) is 18.0 Å². The summed E-state index contributed by atoms with van der Waals surface area (Å²) in [6, 6.07) is 0. The fourth-order valence-electron chi connectivity index (χ4n) is 0.478. The Bertz CT molecular complexity index is 209. The van der Waals surface area contributed by atoms with Gasteiger partial charge in [-0.15, -0.1) is 6.42 Å². The minimum atomic E-state index is -0.849. The van der Waals surface area contributed by atoms with Crippen molar-refractivity contribution in [2.75, 3.05) is 13.2 Å². The van der Waals surface area contributed by atoms with E-state index in [1.807, 2.05) is 5.92 Å². The molecule has 0 bridgehead atoms. The molecule has 0 saturated heterocycles. The summed E-state index contributed by atoms with van der Waals surface area (Å²) in [5, 5.41) is 2.40. The average Bonchev–Trinajstić information content (AvgIpc) is 2.03. The maximum atomic E-state index is 10.4. The molecule has 4 nitrogen and oxygen atoms in total. The second-order valence-corrected chi connectivity index (χ2v) is 2.15. The summed E-state index contributed by atoms with van der Waals surface area (Å²) in [6.45, 7) is 0.542. The Morgan fingerprint density at radius 1 is 1.58 bits per heavy atom. The van der Waals surface area contributed by atoms with Gasteiger partial charge in [-0.05, 0) is 12.3 Å². The highest BCUT2D eigenvalue weighted by Crippen LogP contribution is 1.88. The largest absolute Gasteiger partial charge is 0.454 e. The van der Waals surface area contributed by atoms with E-state index in [9.17, 15) is 9.59 Å². The van der Waals surface area contributed by atoms with E-state index >= 15 is 0 Å². The van der Waals surface area contributed by atoms with Gasteiger partial charge in [0.15, 0.2) is 0 Å². The molecule has 0 spiro atoms. The zero-order chi connectivity index (χ0) is 9.40. The zero-order valence-corrected chi connectivity index (χ0v) is 7.06. The molecule has 0 aromatic carbocycles. The number of halogens is 1. The standard InChI is InChI=1S/C7H8ClNO3/c1-2-6(10)9-4-3-5-12-7(8)11/h1H,3-5H2,(H,9,10). The van der Waals surface area contributed by atoms with E-state index in [0.717, 1.165) is 0 Å². The van der Waals surface area contributed by atoms with E-state index in [-0.39, 0.29) is 6.61 Å². The van der Waals surface area contributed by atoms with E-state index in [1.165, 1.54) is 0 Å². The Morgan fingerprint density at radius 2 is 2.25 bits per heavy atom. The van der Waals surface area contributed by atoms with E-state index < -0.39 is 11.3 Å². The number of carbonyl (C=O) groups is 2. The van der Waals surface area contributed by atoms with Crippen molar-refractivity contribution < 1.29 is 14.3 Å². The summed E-state index contributed by atoms with van der Waals surface area (Å²) in [6.07, 6.45) is 5.26. The van der Waals surface area contributed by atoms with E-state index in [2.05, 4.69) is 10.1 Å². The molecular weight excluding hydrogens is 182 g/mol. The van der Waals surface area contributed by atoms with Gasteiger partial charge in [-0.1, -0.05) is 0 Å². The summed E-state index contributed by atoms with van der Waals surface area (Å²) in [5.74, 6) is 1.40. The lowest BCUT2D eigenvalue weighted by Gasteiger charge is -2.00. The van der Waals surface area contributed by atoms with Crippen LogP contribution in [0.3, 0.4) is 0 Å². The second kappa shape index (κ2) is 6.50. The van der Waals surface area contributed by atoms with Crippen LogP contribution < -0.4 is 5.32 Å². The third-order valence-corrected chi connectivity index (χ3v) is 1.06. The molecule has 0 aromatic rings. The van der Waals surface area contributed by atoms with Crippen LogP contribution in [-0.4, -0.2) is 24.5 Å². The molecule has 0 radical (unpaired) electrons. The predicted octanol–water partition coefficient (Wildman–Crippen LogP) is 0.501. The number of hydrogen-bond donors (Lipinski definition) is 1. The Hall–Kier alpha value is -1.21. The van der Waals surface area contributed by atoms with Crippen molar-refractivity contribution in [3.63, 3.8) is 0 Å². The van der Waals surface area contributed by atoms with E-state index in [0.29, 0.717) is 13.0 Å². The molecule has 0 aliphatic rings. The van der Waals surface area contributed by atoms with Gasteiger partial charge in [0.05, 0.1) is 6.61 Å². The molecule has 0 aromatic heterocycles. The van der Waals surface area contributed by atoms with Crippen molar-refractivity contribution in [2.24, 2.45) is 0 Å². The van der Waals surface area contributed by atoms with Gasteiger partial charge in [-0.3, -0.25) is 4.79 Å². The molecule has 0 saturated carbocycles. The summed E-state index contributed by atoms with van der Waals surface area (Å²) >= 11 is 4.87. The van der Waals surface area contributed by atoms with Crippen LogP contribution in [0, 0.1) is 12.3 Å². The highest BCUT2D eigenvalue weighted by molar-refractivity contribution is 6.61. The van der Waals surface area contributed by atoms with Gasteiger partial charge in [-0.2, -0.15) is 0 Å². The third kappa shape index (κ3) is 6.90. The van der Waals surface area contributed by atoms with Gasteiger partial charge >= 0.3 is 5.43 Å². The molecule has 12 heavy (non-hydrogen) atoms. The third-order valence-electron chi connectivity index (χ3n) is 0.953. The monoisotopic (exact) mass is 189 g/mol. The second-order valence-electron chi connectivity index (χ2n) is 1.84. The SMILES string of the molecule is C#CC(=O)NCCCOC(=O)Cl. The van der Waals surface area contributed by atoms with Gasteiger partial charge in [0.2, 0.25) is 0 Å². The van der Waals surface area contributed by atoms with Crippen LogP contribution in [0.25, 0.3) is 0 Å². The number of hydrogen-bond acceptors (Lipinski definition) is 3.